The molecule has 0 spiro atoms. The van der Waals surface area contributed by atoms with E-state index in [0.29, 0.717) is 24.1 Å². The molecule has 0 radical (unpaired) electrons. The molecule has 0 aliphatic heterocycles. The van der Waals surface area contributed by atoms with Gasteiger partial charge >= 0.3 is 0 Å². The first-order valence-corrected chi connectivity index (χ1v) is 13.6. The summed E-state index contributed by atoms with van der Waals surface area (Å²) < 4.78 is 11.0. The predicted molar refractivity (Wildman–Crippen MR) is 148 cm³/mol. The van der Waals surface area contributed by atoms with Crippen LogP contribution in [0.5, 0.6) is 5.75 Å². The lowest BCUT2D eigenvalue weighted by Gasteiger charge is -2.35. The Hall–Kier alpha value is -3.81. The smallest absolute Gasteiger partial charge is 0.295 e. The van der Waals surface area contributed by atoms with Gasteiger partial charge in [0.15, 0.2) is 0 Å². The zero-order valence-corrected chi connectivity index (χ0v) is 22.4. The first-order chi connectivity index (χ1) is 18.5. The second kappa shape index (κ2) is 11.3. The lowest BCUT2D eigenvalue weighted by Crippen LogP contribution is -2.53. The van der Waals surface area contributed by atoms with Crippen molar-refractivity contribution in [3.05, 3.63) is 72.0 Å². The molecule has 4 aromatic rings. The van der Waals surface area contributed by atoms with Crippen molar-refractivity contribution in [3.8, 4) is 5.75 Å². The molecule has 2 unspecified atom stereocenters. The van der Waals surface area contributed by atoms with Gasteiger partial charge in [0.25, 0.3) is 6.01 Å². The number of carbonyl (C=O) groups is 1. The van der Waals surface area contributed by atoms with Gasteiger partial charge < -0.3 is 24.8 Å². The number of aryl methyl sites for hydroxylation is 1. The maximum Gasteiger partial charge on any atom is 0.295 e. The Morgan fingerprint density at radius 2 is 2.03 bits per heavy atom. The lowest BCUT2D eigenvalue weighted by molar-refractivity contribution is -0.126. The summed E-state index contributed by atoms with van der Waals surface area (Å²) in [5.74, 6) is 0.899. The fourth-order valence-corrected chi connectivity index (χ4v) is 5.50. The summed E-state index contributed by atoms with van der Waals surface area (Å²) in [4.78, 5) is 26.8. The van der Waals surface area contributed by atoms with Gasteiger partial charge in [0.1, 0.15) is 17.6 Å². The molecule has 1 saturated carbocycles. The number of rotatable bonds is 10. The number of nitrogens with one attached hydrogen (secondary N) is 3. The molecule has 38 heavy (non-hydrogen) atoms. The molecule has 8 nitrogen and oxygen atoms in total. The number of aromatic nitrogens is 3. The maximum absolute atomic E-state index is 14.3. The molecule has 5 rings (SSSR count). The van der Waals surface area contributed by atoms with E-state index in [1.165, 1.54) is 6.42 Å². The van der Waals surface area contributed by atoms with Gasteiger partial charge in [0, 0.05) is 23.5 Å². The minimum Gasteiger partial charge on any atom is -0.495 e. The van der Waals surface area contributed by atoms with Gasteiger partial charge in [-0.1, -0.05) is 44.4 Å². The van der Waals surface area contributed by atoms with E-state index in [1.807, 2.05) is 50.4 Å². The highest BCUT2D eigenvalue weighted by atomic mass is 16.5. The molecule has 3 aromatic heterocycles. The molecule has 3 N–H and O–H groups in total. The van der Waals surface area contributed by atoms with Crippen LogP contribution in [-0.4, -0.2) is 33.5 Å². The van der Waals surface area contributed by atoms with Crippen LogP contribution in [0.3, 0.4) is 0 Å². The highest BCUT2D eigenvalue weighted by Crippen LogP contribution is 2.35. The topological polar surface area (TPSA) is 105 Å². The number of methoxy groups -OCH3 is 1. The summed E-state index contributed by atoms with van der Waals surface area (Å²) in [5.41, 5.74) is 2.75. The van der Waals surface area contributed by atoms with Crippen molar-refractivity contribution < 1.29 is 13.9 Å². The fourth-order valence-electron chi connectivity index (χ4n) is 5.50. The van der Waals surface area contributed by atoms with E-state index < -0.39 is 5.54 Å². The number of para-hydroxylation sites is 1. The third kappa shape index (κ3) is 5.54. The monoisotopic (exact) mass is 515 g/mol. The second-order valence-electron chi connectivity index (χ2n) is 10.5. The molecule has 0 bridgehead atoms. The Morgan fingerprint density at radius 1 is 1.21 bits per heavy atom. The molecule has 1 fully saturated rings. The van der Waals surface area contributed by atoms with Gasteiger partial charge in [-0.2, -0.15) is 4.98 Å². The van der Waals surface area contributed by atoms with E-state index in [9.17, 15) is 4.79 Å². The van der Waals surface area contributed by atoms with E-state index in [1.54, 1.807) is 19.6 Å². The van der Waals surface area contributed by atoms with Crippen molar-refractivity contribution in [3.63, 3.8) is 0 Å². The molecule has 1 amide bonds. The number of anilines is 1. The average molecular weight is 516 g/mol. The number of hydrogen-bond donors (Lipinski definition) is 3. The van der Waals surface area contributed by atoms with E-state index in [-0.39, 0.29) is 11.9 Å². The molecule has 1 aliphatic rings. The second-order valence-corrected chi connectivity index (χ2v) is 10.5. The minimum absolute atomic E-state index is 0.118. The Labute approximate surface area is 223 Å². The highest BCUT2D eigenvalue weighted by molar-refractivity contribution is 5.91. The van der Waals surface area contributed by atoms with Crippen LogP contribution in [0.2, 0.25) is 0 Å². The zero-order chi connectivity index (χ0) is 26.5. The van der Waals surface area contributed by atoms with Crippen molar-refractivity contribution >= 4 is 22.8 Å². The van der Waals surface area contributed by atoms with Crippen molar-refractivity contribution in [2.24, 2.45) is 5.92 Å². The minimum atomic E-state index is -1.03. The summed E-state index contributed by atoms with van der Waals surface area (Å²) in [5, 5.41) is 7.84. The van der Waals surface area contributed by atoms with Crippen LogP contribution in [-0.2, 0) is 17.6 Å². The number of H-pyrrole nitrogens is 1. The largest absolute Gasteiger partial charge is 0.495 e. The number of benzene rings is 1. The number of nitrogens with zero attached hydrogens (tertiary/aromatic N) is 2. The van der Waals surface area contributed by atoms with E-state index in [2.05, 4.69) is 31.7 Å². The van der Waals surface area contributed by atoms with E-state index in [0.717, 1.165) is 60.0 Å². The van der Waals surface area contributed by atoms with Crippen LogP contribution in [0.25, 0.3) is 10.9 Å². The number of ether oxygens (including phenoxy) is 1. The molecule has 1 aliphatic carbocycles. The molecule has 8 heteroatoms. The standard InChI is InChI=1S/C30H37N5O3/c1-4-22-19-38-29(33-22)35-30(2,16-21-17-31-25-13-9-8-12-24(21)25)28(36)34-27(20-10-6-5-7-11-20)26-15-14-23(37-3)18-32-26/h8-9,12-15,17-20,27,31H,4-7,10-11,16H2,1-3H3,(H,33,35)(H,34,36). The van der Waals surface area contributed by atoms with Crippen molar-refractivity contribution in [1.82, 2.24) is 20.3 Å². The number of fused-ring (bicyclic) bond motifs is 1. The Kier molecular flexibility index (Phi) is 7.67. The summed E-state index contributed by atoms with van der Waals surface area (Å²) in [6.45, 7) is 3.94. The van der Waals surface area contributed by atoms with Crippen LogP contribution < -0.4 is 15.4 Å². The Morgan fingerprint density at radius 3 is 2.74 bits per heavy atom. The summed E-state index contributed by atoms with van der Waals surface area (Å²) in [6, 6.07) is 12.1. The molecule has 1 aromatic carbocycles. The SMILES string of the molecule is CCc1coc(NC(C)(Cc2c[nH]c3ccccc23)C(=O)NC(c2ccc(OC)cn2)C2CCCCC2)n1. The van der Waals surface area contributed by atoms with Gasteiger partial charge in [0.05, 0.1) is 30.7 Å². The number of carbonyl (C=O) groups excluding carboxylic acids is 1. The van der Waals surface area contributed by atoms with Crippen molar-refractivity contribution in [1.29, 1.82) is 0 Å². The number of amides is 1. The molecule has 2 atom stereocenters. The molecule has 0 saturated heterocycles. The van der Waals surface area contributed by atoms with Crippen molar-refractivity contribution in [2.75, 3.05) is 12.4 Å². The molecule has 3 heterocycles. The highest BCUT2D eigenvalue weighted by Gasteiger charge is 2.39. The first-order valence-electron chi connectivity index (χ1n) is 13.6. The fraction of sp³-hybridized carbons (Fsp3) is 0.433. The number of pyridine rings is 1. The first kappa shape index (κ1) is 25.8. The van der Waals surface area contributed by atoms with Gasteiger partial charge in [-0.25, -0.2) is 0 Å². The average Bonchev–Trinajstić information content (AvgIpc) is 3.58. The number of oxazole rings is 1. The zero-order valence-electron chi connectivity index (χ0n) is 22.4. The summed E-state index contributed by atoms with van der Waals surface area (Å²) >= 11 is 0. The lowest BCUT2D eigenvalue weighted by atomic mass is 9.81. The molecule has 200 valence electrons. The number of hydrogen-bond acceptors (Lipinski definition) is 6. The third-order valence-corrected chi connectivity index (χ3v) is 7.74. The normalized spacial score (nSPS) is 16.6. The van der Waals surface area contributed by atoms with Gasteiger partial charge in [-0.05, 0) is 55.9 Å². The van der Waals surface area contributed by atoms with E-state index >= 15 is 0 Å². The molecular weight excluding hydrogens is 478 g/mol. The Balaban J connectivity index is 1.47. The van der Waals surface area contributed by atoms with Crippen LogP contribution in [0, 0.1) is 5.92 Å². The van der Waals surface area contributed by atoms with E-state index in [4.69, 9.17) is 9.15 Å². The van der Waals surface area contributed by atoms with Crippen LogP contribution >= 0.6 is 0 Å². The maximum atomic E-state index is 14.3. The predicted octanol–water partition coefficient (Wildman–Crippen LogP) is 5.97. The van der Waals surface area contributed by atoms with Gasteiger partial charge in [-0.15, -0.1) is 0 Å². The number of aromatic amines is 1. The third-order valence-electron chi connectivity index (χ3n) is 7.74. The van der Waals surface area contributed by atoms with Gasteiger partial charge in [0.2, 0.25) is 5.91 Å². The Bertz CT molecular complexity index is 1360. The van der Waals surface area contributed by atoms with Crippen LogP contribution in [0.15, 0.2) is 59.5 Å². The molecular formula is C30H37N5O3. The summed E-state index contributed by atoms with van der Waals surface area (Å²) in [6.07, 6.45) is 12.2. The van der Waals surface area contributed by atoms with Gasteiger partial charge in [-0.3, -0.25) is 9.78 Å². The summed E-state index contributed by atoms with van der Waals surface area (Å²) in [7, 11) is 1.63. The van der Waals surface area contributed by atoms with Crippen LogP contribution in [0.1, 0.15) is 68.9 Å². The van der Waals surface area contributed by atoms with Crippen LogP contribution in [0.4, 0.5) is 6.01 Å². The van der Waals surface area contributed by atoms with Crippen molar-refractivity contribution in [2.45, 2.75) is 70.4 Å². The quantitative estimate of drug-likeness (QED) is 0.240.